The Bertz CT molecular complexity index is 1950. The second kappa shape index (κ2) is 11.0. The van der Waals surface area contributed by atoms with Crippen molar-refractivity contribution in [2.45, 2.75) is 43.9 Å². The molecule has 10 nitrogen and oxygen atoms in total. The van der Waals surface area contributed by atoms with Gasteiger partial charge in [-0.15, -0.1) is 11.3 Å². The number of ether oxygens (including phenoxy) is 3. The van der Waals surface area contributed by atoms with Crippen LogP contribution in [0.5, 0.6) is 11.8 Å². The first kappa shape index (κ1) is 29.8. The van der Waals surface area contributed by atoms with Crippen LogP contribution in [0.3, 0.4) is 0 Å². The van der Waals surface area contributed by atoms with Crippen molar-refractivity contribution in [2.75, 3.05) is 56.7 Å². The standard InChI is InChI=1S/C32H31ClF2N6O4S/c1-15-9-32(5-2-6-40(32)11-15)14-45-31-38-26-23-27(44-12-19-20(42)13-43-8-7-41(19)30(23)39-31)24(33)22(25(26)35)16-3-4-18(34)28-21(16)17(10-36)29(37)46-28/h3-4,15,19-20,42H,2,5-9,11-14,37H2,1H3/t15-,19?,20?,32+/m1/s1. The number of nitrogens with two attached hydrogens (primary N) is 1. The van der Waals surface area contributed by atoms with E-state index >= 15 is 4.39 Å². The Hall–Kier alpha value is -3.54. The van der Waals surface area contributed by atoms with Crippen LogP contribution in [0.2, 0.25) is 5.02 Å². The van der Waals surface area contributed by atoms with Crippen LogP contribution in [0, 0.1) is 28.9 Å². The van der Waals surface area contributed by atoms with Crippen molar-refractivity contribution in [1.82, 2.24) is 14.9 Å². The minimum absolute atomic E-state index is 0.000598. The molecule has 46 heavy (non-hydrogen) atoms. The van der Waals surface area contributed by atoms with Crippen molar-refractivity contribution < 1.29 is 28.1 Å². The van der Waals surface area contributed by atoms with Gasteiger partial charge in [0.1, 0.15) is 47.5 Å². The molecule has 3 fully saturated rings. The van der Waals surface area contributed by atoms with Crippen LogP contribution in [0.1, 0.15) is 31.7 Å². The fraction of sp³-hybridized carbons (Fsp3) is 0.469. The molecular formula is C32H31ClF2N6O4S. The number of aliphatic hydroxyl groups is 1. The van der Waals surface area contributed by atoms with E-state index in [2.05, 4.69) is 16.8 Å². The maximum absolute atomic E-state index is 17.1. The molecule has 0 bridgehead atoms. The number of benzene rings is 2. The molecule has 2 aromatic carbocycles. The monoisotopic (exact) mass is 668 g/mol. The summed E-state index contributed by atoms with van der Waals surface area (Å²) in [5.41, 5.74) is 5.97. The lowest BCUT2D eigenvalue weighted by Crippen LogP contribution is -2.47. The van der Waals surface area contributed by atoms with Crippen LogP contribution < -0.4 is 20.1 Å². The molecule has 3 saturated heterocycles. The summed E-state index contributed by atoms with van der Waals surface area (Å²) in [5, 5.41) is 21.4. The van der Waals surface area contributed by atoms with Crippen molar-refractivity contribution in [1.29, 1.82) is 5.26 Å². The highest BCUT2D eigenvalue weighted by molar-refractivity contribution is 7.23. The molecule has 3 N–H and O–H groups in total. The smallest absolute Gasteiger partial charge is 0.319 e. The Morgan fingerprint density at radius 2 is 2.11 bits per heavy atom. The van der Waals surface area contributed by atoms with Crippen LogP contribution in [0.15, 0.2) is 12.1 Å². The van der Waals surface area contributed by atoms with E-state index in [0.717, 1.165) is 43.7 Å². The van der Waals surface area contributed by atoms with Gasteiger partial charge < -0.3 is 30.0 Å². The number of hydrogen-bond donors (Lipinski definition) is 2. The van der Waals surface area contributed by atoms with Gasteiger partial charge in [0, 0.05) is 24.0 Å². The summed E-state index contributed by atoms with van der Waals surface area (Å²) >= 11 is 7.92. The zero-order chi connectivity index (χ0) is 31.9. The quantitative estimate of drug-likeness (QED) is 0.303. The van der Waals surface area contributed by atoms with Crippen molar-refractivity contribution in [3.8, 4) is 29.0 Å². The SMILES string of the molecule is C[C@H]1CN2CCC[C@@]2(COc2nc3c4c(c(Cl)c(-c5ccc(F)c6sc(N)c(C#N)c56)c(F)c4n2)OCC2C(O)COCCN32)C1. The van der Waals surface area contributed by atoms with E-state index in [0.29, 0.717) is 31.5 Å². The number of aromatic nitrogens is 2. The number of nitrogens with zero attached hydrogens (tertiary/aromatic N) is 5. The van der Waals surface area contributed by atoms with Gasteiger partial charge in [0.15, 0.2) is 11.6 Å². The Morgan fingerprint density at radius 3 is 2.93 bits per heavy atom. The molecule has 0 aliphatic carbocycles. The van der Waals surface area contributed by atoms with Gasteiger partial charge in [0.2, 0.25) is 0 Å². The fourth-order valence-electron chi connectivity index (χ4n) is 7.89. The number of halogens is 3. The molecule has 2 aromatic heterocycles. The van der Waals surface area contributed by atoms with Crippen molar-refractivity contribution in [2.24, 2.45) is 5.92 Å². The molecule has 240 valence electrons. The molecule has 0 amide bonds. The van der Waals surface area contributed by atoms with Crippen LogP contribution in [-0.4, -0.2) is 83.7 Å². The third-order valence-electron chi connectivity index (χ3n) is 9.89. The zero-order valence-corrected chi connectivity index (χ0v) is 26.6. The van der Waals surface area contributed by atoms with Crippen molar-refractivity contribution >= 4 is 54.7 Å². The Balaban J connectivity index is 1.35. The number of nitriles is 1. The molecule has 2 unspecified atom stereocenters. The normalized spacial score (nSPS) is 26.0. The first-order chi connectivity index (χ1) is 22.2. The lowest BCUT2D eigenvalue weighted by molar-refractivity contribution is 0.0358. The summed E-state index contributed by atoms with van der Waals surface area (Å²) in [6.07, 6.45) is 2.13. The summed E-state index contributed by atoms with van der Waals surface area (Å²) in [6, 6.07) is 4.02. The highest BCUT2D eigenvalue weighted by Gasteiger charge is 2.48. The van der Waals surface area contributed by atoms with E-state index in [9.17, 15) is 14.8 Å². The highest BCUT2D eigenvalue weighted by atomic mass is 35.5. The molecule has 0 saturated carbocycles. The molecule has 6 heterocycles. The van der Waals surface area contributed by atoms with Gasteiger partial charge >= 0.3 is 6.01 Å². The molecule has 4 aromatic rings. The predicted octanol–water partition coefficient (Wildman–Crippen LogP) is 5.11. The minimum Gasteiger partial charge on any atom is -0.489 e. The molecular weight excluding hydrogens is 638 g/mol. The molecule has 0 radical (unpaired) electrons. The lowest BCUT2D eigenvalue weighted by atomic mass is 9.92. The lowest BCUT2D eigenvalue weighted by Gasteiger charge is -2.32. The maximum atomic E-state index is 17.1. The van der Waals surface area contributed by atoms with Crippen LogP contribution in [0.4, 0.5) is 19.6 Å². The highest BCUT2D eigenvalue weighted by Crippen LogP contribution is 2.51. The number of hydrogen-bond acceptors (Lipinski definition) is 11. The van der Waals surface area contributed by atoms with E-state index in [1.165, 1.54) is 12.1 Å². The van der Waals surface area contributed by atoms with Gasteiger partial charge in [-0.2, -0.15) is 15.2 Å². The van der Waals surface area contributed by atoms with Crippen molar-refractivity contribution in [3.05, 3.63) is 34.4 Å². The van der Waals surface area contributed by atoms with Gasteiger partial charge in [0.05, 0.1) is 45.5 Å². The summed E-state index contributed by atoms with van der Waals surface area (Å²) in [6.45, 7) is 5.34. The zero-order valence-electron chi connectivity index (χ0n) is 25.0. The maximum Gasteiger partial charge on any atom is 0.319 e. The largest absolute Gasteiger partial charge is 0.489 e. The first-order valence-electron chi connectivity index (χ1n) is 15.4. The molecule has 8 rings (SSSR count). The van der Waals surface area contributed by atoms with Gasteiger partial charge in [0.25, 0.3) is 0 Å². The Labute approximate surface area is 272 Å². The number of fused-ring (bicyclic) bond motifs is 4. The van der Waals surface area contributed by atoms with E-state index in [1.807, 2.05) is 11.0 Å². The van der Waals surface area contributed by atoms with Crippen LogP contribution >= 0.6 is 22.9 Å². The second-order valence-electron chi connectivity index (χ2n) is 12.7. The van der Waals surface area contributed by atoms with E-state index in [4.69, 9.17) is 36.5 Å². The van der Waals surface area contributed by atoms with Gasteiger partial charge in [-0.25, -0.2) is 8.78 Å². The van der Waals surface area contributed by atoms with Gasteiger partial charge in [-0.05, 0) is 43.4 Å². The minimum atomic E-state index is -0.927. The summed E-state index contributed by atoms with van der Waals surface area (Å²) in [7, 11) is 0. The molecule has 4 aliphatic heterocycles. The van der Waals surface area contributed by atoms with Gasteiger partial charge in [-0.1, -0.05) is 24.6 Å². The second-order valence-corrected chi connectivity index (χ2v) is 14.2. The average molecular weight is 669 g/mol. The number of anilines is 2. The fourth-order valence-corrected chi connectivity index (χ4v) is 9.18. The summed E-state index contributed by atoms with van der Waals surface area (Å²) in [4.78, 5) is 13.7. The third-order valence-corrected chi connectivity index (χ3v) is 11.3. The molecule has 4 aliphatic rings. The first-order valence-corrected chi connectivity index (χ1v) is 16.6. The number of aliphatic hydroxyl groups excluding tert-OH is 1. The topological polar surface area (TPSA) is 130 Å². The third kappa shape index (κ3) is 4.41. The van der Waals surface area contributed by atoms with E-state index in [1.54, 1.807) is 0 Å². The average Bonchev–Trinajstić information content (AvgIpc) is 3.59. The Kier molecular flexibility index (Phi) is 7.15. The van der Waals surface area contributed by atoms with E-state index < -0.39 is 23.8 Å². The molecule has 4 atom stereocenters. The molecule has 14 heteroatoms. The number of nitrogen functional groups attached to an aromatic ring is 1. The van der Waals surface area contributed by atoms with Crippen LogP contribution in [-0.2, 0) is 4.74 Å². The van der Waals surface area contributed by atoms with E-state index in [-0.39, 0.29) is 78.2 Å². The predicted molar refractivity (Wildman–Crippen MR) is 171 cm³/mol. The number of thiophene rings is 1. The van der Waals surface area contributed by atoms with Gasteiger partial charge in [-0.3, -0.25) is 4.90 Å². The Morgan fingerprint density at radius 1 is 1.26 bits per heavy atom. The summed E-state index contributed by atoms with van der Waals surface area (Å²) < 4.78 is 50.4. The number of rotatable bonds is 4. The summed E-state index contributed by atoms with van der Waals surface area (Å²) in [5.74, 6) is -0.418. The van der Waals surface area contributed by atoms with Crippen LogP contribution in [0.25, 0.3) is 32.1 Å². The van der Waals surface area contributed by atoms with Crippen molar-refractivity contribution in [3.63, 3.8) is 0 Å². The molecule has 0 spiro atoms.